The molecule has 2 N–H and O–H groups in total. The predicted octanol–water partition coefficient (Wildman–Crippen LogP) is 3.16. The summed E-state index contributed by atoms with van der Waals surface area (Å²) < 4.78 is 5.32. The lowest BCUT2D eigenvalue weighted by molar-refractivity contribution is -0.386. The number of carbonyl (C=O) groups is 2. The Kier molecular flexibility index (Phi) is 7.35. The molecule has 2 rings (SSSR count). The smallest absolute Gasteiger partial charge is 0.315 e. The van der Waals surface area contributed by atoms with Crippen molar-refractivity contribution >= 4 is 51.9 Å². The van der Waals surface area contributed by atoms with Crippen molar-refractivity contribution in [2.75, 3.05) is 13.7 Å². The number of benzene rings is 1. The van der Waals surface area contributed by atoms with Crippen molar-refractivity contribution in [3.63, 3.8) is 0 Å². The molecule has 0 unspecified atom stereocenters. The average molecular weight is 426 g/mol. The van der Waals surface area contributed by atoms with Crippen molar-refractivity contribution in [2.24, 2.45) is 0 Å². The molecule has 1 fully saturated rings. The van der Waals surface area contributed by atoms with Gasteiger partial charge < -0.3 is 14.9 Å². The maximum absolute atomic E-state index is 12.6. The molecule has 1 aliphatic rings. The number of rotatable bonds is 9. The van der Waals surface area contributed by atoms with Crippen LogP contribution in [-0.2, 0) is 9.59 Å². The number of phenolic OH excluding ortho intramolecular Hbond substituents is 1. The number of unbranched alkanes of at least 4 members (excludes halogenated alkanes) is 2. The monoisotopic (exact) mass is 426 g/mol. The Hall–Kier alpha value is -2.66. The quantitative estimate of drug-likeness (QED) is 0.201. The molecule has 1 saturated heterocycles. The highest BCUT2D eigenvalue weighted by molar-refractivity contribution is 8.26. The van der Waals surface area contributed by atoms with E-state index in [1.807, 2.05) is 0 Å². The number of amides is 1. The molecule has 1 amide bonds. The Morgan fingerprint density at radius 1 is 1.39 bits per heavy atom. The number of carboxylic acid groups (broad SMARTS) is 1. The van der Waals surface area contributed by atoms with Crippen LogP contribution in [0.4, 0.5) is 5.69 Å². The van der Waals surface area contributed by atoms with E-state index in [0.717, 1.165) is 17.8 Å². The van der Waals surface area contributed by atoms with Gasteiger partial charge in [-0.1, -0.05) is 30.4 Å². The second-order valence-electron chi connectivity index (χ2n) is 5.89. The molecule has 1 aromatic carbocycles. The molecule has 0 aromatic heterocycles. The third kappa shape index (κ3) is 5.20. The number of hydrogen-bond donors (Lipinski definition) is 2. The second kappa shape index (κ2) is 9.51. The molecule has 150 valence electrons. The van der Waals surface area contributed by atoms with E-state index in [0.29, 0.717) is 40.6 Å². The van der Waals surface area contributed by atoms with Crippen LogP contribution in [0, 0.1) is 10.1 Å². The van der Waals surface area contributed by atoms with Gasteiger partial charge in [-0.25, -0.2) is 0 Å². The number of thiocarbonyl (C=S) groups is 1. The largest absolute Gasteiger partial charge is 0.500 e. The van der Waals surface area contributed by atoms with Crippen LogP contribution in [0.15, 0.2) is 17.0 Å². The Morgan fingerprint density at radius 3 is 2.71 bits per heavy atom. The molecule has 0 bridgehead atoms. The number of aliphatic carboxylic acids is 1. The highest BCUT2D eigenvalue weighted by Gasteiger charge is 2.32. The highest BCUT2D eigenvalue weighted by atomic mass is 32.2. The summed E-state index contributed by atoms with van der Waals surface area (Å²) in [4.78, 5) is 35.2. The minimum atomic E-state index is -0.855. The van der Waals surface area contributed by atoms with Gasteiger partial charge in [0.25, 0.3) is 5.91 Å². The van der Waals surface area contributed by atoms with E-state index in [1.165, 1.54) is 24.2 Å². The number of nitro groups is 1. The molecule has 1 aromatic rings. The van der Waals surface area contributed by atoms with E-state index >= 15 is 0 Å². The number of ether oxygens (including phenoxy) is 1. The van der Waals surface area contributed by atoms with Gasteiger partial charge in [-0.3, -0.25) is 24.6 Å². The summed E-state index contributed by atoms with van der Waals surface area (Å²) in [6.45, 7) is 0.376. The van der Waals surface area contributed by atoms with Crippen molar-refractivity contribution in [2.45, 2.75) is 25.7 Å². The van der Waals surface area contributed by atoms with E-state index in [2.05, 4.69) is 0 Å². The number of aromatic hydroxyl groups is 1. The van der Waals surface area contributed by atoms with E-state index < -0.39 is 22.3 Å². The Morgan fingerprint density at radius 2 is 2.11 bits per heavy atom. The average Bonchev–Trinajstić information content (AvgIpc) is 2.89. The van der Waals surface area contributed by atoms with Crippen LogP contribution in [-0.4, -0.2) is 49.9 Å². The van der Waals surface area contributed by atoms with Crippen molar-refractivity contribution in [3.8, 4) is 11.5 Å². The van der Waals surface area contributed by atoms with E-state index in [4.69, 9.17) is 22.1 Å². The summed E-state index contributed by atoms with van der Waals surface area (Å²) >= 11 is 6.31. The fraction of sp³-hybridized carbons (Fsp3) is 0.353. The Bertz CT molecular complexity index is 854. The zero-order valence-electron chi connectivity index (χ0n) is 14.9. The molecule has 0 radical (unpaired) electrons. The first-order valence-corrected chi connectivity index (χ1v) is 9.49. The number of nitro benzene ring substituents is 1. The highest BCUT2D eigenvalue weighted by Crippen LogP contribution is 2.39. The maximum atomic E-state index is 12.6. The molecule has 9 nitrogen and oxygen atoms in total. The van der Waals surface area contributed by atoms with E-state index in [-0.39, 0.29) is 18.1 Å². The third-order valence-corrected chi connectivity index (χ3v) is 5.32. The second-order valence-corrected chi connectivity index (χ2v) is 7.56. The van der Waals surface area contributed by atoms with Crippen LogP contribution >= 0.6 is 24.0 Å². The summed E-state index contributed by atoms with van der Waals surface area (Å²) in [5, 5.41) is 29.6. The number of carbonyl (C=O) groups excluding carboxylic acids is 1. The summed E-state index contributed by atoms with van der Waals surface area (Å²) in [5.74, 6) is -1.83. The lowest BCUT2D eigenvalue weighted by atomic mass is 10.1. The topological polar surface area (TPSA) is 130 Å². The van der Waals surface area contributed by atoms with Crippen LogP contribution in [0.1, 0.15) is 31.2 Å². The molecular formula is C17H18N2O7S2. The molecule has 0 aliphatic carbocycles. The van der Waals surface area contributed by atoms with Crippen molar-refractivity contribution in [1.29, 1.82) is 0 Å². The van der Waals surface area contributed by atoms with Gasteiger partial charge in [0.05, 0.1) is 16.9 Å². The first-order chi connectivity index (χ1) is 13.2. The molecule has 0 saturated carbocycles. The van der Waals surface area contributed by atoms with E-state index in [1.54, 1.807) is 0 Å². The van der Waals surface area contributed by atoms with Gasteiger partial charge in [0.15, 0.2) is 5.75 Å². The summed E-state index contributed by atoms with van der Waals surface area (Å²) in [6, 6.07) is 2.54. The maximum Gasteiger partial charge on any atom is 0.315 e. The predicted molar refractivity (Wildman–Crippen MR) is 107 cm³/mol. The molecule has 0 atom stereocenters. The summed E-state index contributed by atoms with van der Waals surface area (Å²) in [7, 11) is 1.27. The number of thioether (sulfide) groups is 1. The fourth-order valence-electron chi connectivity index (χ4n) is 2.56. The Balaban J connectivity index is 2.14. The molecule has 1 heterocycles. The van der Waals surface area contributed by atoms with Gasteiger partial charge in [0.2, 0.25) is 5.75 Å². The van der Waals surface area contributed by atoms with Crippen molar-refractivity contribution < 1.29 is 29.5 Å². The standard InChI is InChI=1S/C17H18N2O7S2/c1-26-12-8-10(7-11(15(12)22)19(24)25)9-13-16(23)18(17(27)28-13)6-4-2-3-5-14(20)21/h7-9,22H,2-6H2,1H3,(H,20,21)/b13-9-. The Labute approximate surface area is 170 Å². The minimum Gasteiger partial charge on any atom is -0.500 e. The zero-order valence-corrected chi connectivity index (χ0v) is 16.5. The number of methoxy groups -OCH3 is 1. The minimum absolute atomic E-state index is 0.0747. The summed E-state index contributed by atoms with van der Waals surface area (Å²) in [5.41, 5.74) is -0.206. The SMILES string of the molecule is COc1cc(/C=C2\SC(=S)N(CCCCCC(=O)O)C2=O)cc([N+](=O)[O-])c1O. The van der Waals surface area contributed by atoms with Gasteiger partial charge in [-0.15, -0.1) is 0 Å². The van der Waals surface area contributed by atoms with Gasteiger partial charge in [-0.05, 0) is 30.5 Å². The van der Waals surface area contributed by atoms with Crippen LogP contribution in [0.3, 0.4) is 0 Å². The fourth-order valence-corrected chi connectivity index (χ4v) is 3.87. The molecule has 28 heavy (non-hydrogen) atoms. The lowest BCUT2D eigenvalue weighted by Crippen LogP contribution is -2.29. The number of carboxylic acids is 1. The van der Waals surface area contributed by atoms with Gasteiger partial charge in [0, 0.05) is 19.0 Å². The molecular weight excluding hydrogens is 408 g/mol. The molecule has 11 heteroatoms. The zero-order chi connectivity index (χ0) is 20.8. The van der Waals surface area contributed by atoms with Crippen LogP contribution in [0.2, 0.25) is 0 Å². The van der Waals surface area contributed by atoms with Crippen molar-refractivity contribution in [3.05, 3.63) is 32.7 Å². The van der Waals surface area contributed by atoms with Crippen LogP contribution < -0.4 is 4.74 Å². The van der Waals surface area contributed by atoms with E-state index in [9.17, 15) is 24.8 Å². The molecule has 0 spiro atoms. The third-order valence-electron chi connectivity index (χ3n) is 3.94. The normalized spacial score (nSPS) is 15.3. The number of nitrogens with zero attached hydrogens (tertiary/aromatic N) is 2. The van der Waals surface area contributed by atoms with Crippen molar-refractivity contribution in [1.82, 2.24) is 4.90 Å². The lowest BCUT2D eigenvalue weighted by Gasteiger charge is -2.13. The number of hydrogen-bond acceptors (Lipinski definition) is 8. The van der Waals surface area contributed by atoms with Crippen LogP contribution in [0.25, 0.3) is 6.08 Å². The van der Waals surface area contributed by atoms with Gasteiger partial charge in [0.1, 0.15) is 4.32 Å². The van der Waals surface area contributed by atoms with Gasteiger partial charge >= 0.3 is 11.7 Å². The molecule has 1 aliphatic heterocycles. The summed E-state index contributed by atoms with van der Waals surface area (Å²) in [6.07, 6.45) is 3.34. The first kappa shape index (κ1) is 21.6. The first-order valence-electron chi connectivity index (χ1n) is 8.27. The number of phenols is 1. The van der Waals surface area contributed by atoms with Crippen LogP contribution in [0.5, 0.6) is 11.5 Å². The van der Waals surface area contributed by atoms with Gasteiger partial charge in [-0.2, -0.15) is 0 Å².